The molecule has 1 heterocycles. The first kappa shape index (κ1) is 37.5. The van der Waals surface area contributed by atoms with Crippen LogP contribution >= 0.6 is 0 Å². The van der Waals surface area contributed by atoms with Crippen LogP contribution in [0.3, 0.4) is 0 Å². The van der Waals surface area contributed by atoms with E-state index >= 15 is 0 Å². The van der Waals surface area contributed by atoms with Gasteiger partial charge in [-0.05, 0) is 153 Å². The molecular formula is C47H72O5. The van der Waals surface area contributed by atoms with Gasteiger partial charge >= 0.3 is 5.97 Å². The van der Waals surface area contributed by atoms with Crippen LogP contribution in [-0.4, -0.2) is 41.8 Å². The van der Waals surface area contributed by atoms with E-state index in [1.807, 2.05) is 0 Å². The Morgan fingerprint density at radius 3 is 2.33 bits per heavy atom. The van der Waals surface area contributed by atoms with Crippen LogP contribution in [-0.2, 0) is 27.1 Å². The molecule has 1 aliphatic heterocycles. The minimum absolute atomic E-state index is 0.0241. The zero-order valence-electron chi connectivity index (χ0n) is 33.9. The average Bonchev–Trinajstić information content (AvgIpc) is 3.22. The summed E-state index contributed by atoms with van der Waals surface area (Å²) in [5.41, 5.74) is 2.81. The number of fused-ring (bicyclic) bond motifs is 5. The maximum Gasteiger partial charge on any atom is 0.309 e. The Balaban J connectivity index is 1.20. The summed E-state index contributed by atoms with van der Waals surface area (Å²) < 4.78 is 12.4. The summed E-state index contributed by atoms with van der Waals surface area (Å²) in [6, 6.07) is 9.14. The fraction of sp³-hybridized carbons (Fsp3) is 0.851. The van der Waals surface area contributed by atoms with Gasteiger partial charge in [-0.15, -0.1) is 0 Å². The molecule has 14 atom stereocenters. The predicted octanol–water partition coefficient (Wildman–Crippen LogP) is 10.6. The number of benzene rings is 1. The number of carboxylic acids is 1. The van der Waals surface area contributed by atoms with E-state index in [0.29, 0.717) is 29.6 Å². The van der Waals surface area contributed by atoms with Crippen molar-refractivity contribution in [3.8, 4) is 0 Å². The van der Waals surface area contributed by atoms with Gasteiger partial charge in [0.05, 0.1) is 18.1 Å². The van der Waals surface area contributed by atoms with E-state index < -0.39 is 17.2 Å². The van der Waals surface area contributed by atoms with Gasteiger partial charge in [0.15, 0.2) is 5.79 Å². The maximum atomic E-state index is 13.0. The molecule has 2 N–H and O–H groups in total. The van der Waals surface area contributed by atoms with Gasteiger partial charge < -0.3 is 19.7 Å². The second kappa shape index (κ2) is 12.8. The molecule has 8 rings (SSSR count). The zero-order valence-corrected chi connectivity index (χ0v) is 33.9. The first-order valence-corrected chi connectivity index (χ1v) is 21.9. The lowest BCUT2D eigenvalue weighted by atomic mass is 9.25. The second-order valence-corrected chi connectivity index (χ2v) is 21.1. The van der Waals surface area contributed by atoms with E-state index in [9.17, 15) is 15.0 Å². The van der Waals surface area contributed by atoms with Crippen LogP contribution in [0.5, 0.6) is 0 Å². The number of aliphatic hydroxyl groups is 1. The number of aliphatic carboxylic acids is 1. The van der Waals surface area contributed by atoms with E-state index in [4.69, 9.17) is 9.47 Å². The number of methoxy groups -OCH3 is 1. The zero-order chi connectivity index (χ0) is 37.0. The van der Waals surface area contributed by atoms with Gasteiger partial charge in [0.25, 0.3) is 0 Å². The maximum absolute atomic E-state index is 13.0. The molecule has 6 saturated carbocycles. The third-order valence-electron chi connectivity index (χ3n) is 19.3. The fourth-order valence-corrected chi connectivity index (χ4v) is 16.5. The molecule has 290 valence electrons. The van der Waals surface area contributed by atoms with E-state index in [1.165, 1.54) is 81.8 Å². The molecule has 5 nitrogen and oxygen atoms in total. The highest BCUT2D eigenvalue weighted by atomic mass is 16.6. The number of carbonyl (C=O) groups is 1. The van der Waals surface area contributed by atoms with Crippen molar-refractivity contribution in [3.05, 3.63) is 35.4 Å². The van der Waals surface area contributed by atoms with Crippen LogP contribution in [0.25, 0.3) is 0 Å². The molecule has 0 unspecified atom stereocenters. The molecule has 2 bridgehead atoms. The number of ether oxygens (including phenoxy) is 2. The van der Waals surface area contributed by atoms with Gasteiger partial charge in [0.1, 0.15) is 0 Å². The number of hydrogen-bond acceptors (Lipinski definition) is 4. The molecule has 7 fully saturated rings. The van der Waals surface area contributed by atoms with E-state index in [1.54, 1.807) is 7.11 Å². The van der Waals surface area contributed by atoms with Gasteiger partial charge in [0, 0.05) is 24.9 Å². The standard InChI is InChI=1S/C47H72O5/c1-8-9-10-11-20-45-29-35-17-16-34-28-47(50)31(2)46(38(52-47)27-33-14-12-32(13-15-33)19-26-51-7)21-18-36(44(35,6)39(34)46)43(45,5)25-24-41(3)22-23-42(4,40(48)49)30-37(41)45/h12-15,31,34-39,50H,8-11,16-30H2,1-7H3,(H,48,49)/t31-,34-,35-,36-,37-,38-,39+,41+,42-,43-,44-,45+,46+,47-/m1/s1. The quantitative estimate of drug-likeness (QED) is 0.223. The molecule has 52 heavy (non-hydrogen) atoms. The van der Waals surface area contributed by atoms with Crippen molar-refractivity contribution in [2.24, 2.45) is 68.0 Å². The van der Waals surface area contributed by atoms with Crippen LogP contribution in [0.2, 0.25) is 0 Å². The van der Waals surface area contributed by atoms with Gasteiger partial charge in [-0.1, -0.05) is 84.6 Å². The Kier molecular flexibility index (Phi) is 9.23. The number of carboxylic acid groups (broad SMARTS) is 1. The fourth-order valence-electron chi connectivity index (χ4n) is 16.5. The average molecular weight is 717 g/mol. The molecule has 6 aliphatic carbocycles. The topological polar surface area (TPSA) is 76.0 Å². The molecule has 1 spiro atoms. The molecular weight excluding hydrogens is 645 g/mol. The molecule has 0 amide bonds. The lowest BCUT2D eigenvalue weighted by molar-refractivity contribution is -0.314. The van der Waals surface area contributed by atoms with Gasteiger partial charge in [-0.3, -0.25) is 4.79 Å². The number of hydrogen-bond donors (Lipinski definition) is 2. The Bertz CT molecular complexity index is 1510. The number of unbranched alkanes of at least 4 members (excludes halogenated alkanes) is 3. The summed E-state index contributed by atoms with van der Waals surface area (Å²) >= 11 is 0. The Morgan fingerprint density at radius 1 is 0.885 bits per heavy atom. The van der Waals surface area contributed by atoms with Crippen LogP contribution in [0.4, 0.5) is 0 Å². The summed E-state index contributed by atoms with van der Waals surface area (Å²) in [5, 5.41) is 23.1. The largest absolute Gasteiger partial charge is 0.481 e. The third-order valence-corrected chi connectivity index (χ3v) is 19.3. The first-order chi connectivity index (χ1) is 24.7. The highest BCUT2D eigenvalue weighted by Gasteiger charge is 2.80. The van der Waals surface area contributed by atoms with Crippen molar-refractivity contribution in [3.63, 3.8) is 0 Å². The Hall–Kier alpha value is -1.43. The monoisotopic (exact) mass is 717 g/mol. The smallest absolute Gasteiger partial charge is 0.309 e. The van der Waals surface area contributed by atoms with Crippen molar-refractivity contribution < 1.29 is 24.5 Å². The highest BCUT2D eigenvalue weighted by molar-refractivity contribution is 5.74. The summed E-state index contributed by atoms with van der Waals surface area (Å²) in [6.45, 7) is 15.6. The van der Waals surface area contributed by atoms with Crippen molar-refractivity contribution in [1.82, 2.24) is 0 Å². The minimum Gasteiger partial charge on any atom is -0.481 e. The first-order valence-electron chi connectivity index (χ1n) is 21.9. The van der Waals surface area contributed by atoms with Gasteiger partial charge in [0.2, 0.25) is 0 Å². The SMILES string of the molecule is CCCCCC[C@@]12C[C@H]3CC[C@@H]4C[C@@]5(O)O[C@H](Cc6ccc(CCOC)cc6)[C@]6(CC[C@@H]([C@]3(C)[C@H]46)[C@@]1(C)CC[C@]1(C)CC[C@@](C)(C(=O)O)C[C@H]12)[C@H]5C. The molecule has 7 aliphatic rings. The van der Waals surface area contributed by atoms with Crippen LogP contribution in [0, 0.1) is 68.0 Å². The van der Waals surface area contributed by atoms with Gasteiger partial charge in [-0.2, -0.15) is 0 Å². The van der Waals surface area contributed by atoms with E-state index in [-0.39, 0.29) is 39.1 Å². The molecule has 5 heteroatoms. The summed E-state index contributed by atoms with van der Waals surface area (Å²) in [6.07, 6.45) is 20.5. The van der Waals surface area contributed by atoms with Crippen LogP contribution in [0.15, 0.2) is 24.3 Å². The minimum atomic E-state index is -1.03. The van der Waals surface area contributed by atoms with Crippen molar-refractivity contribution in [2.45, 2.75) is 169 Å². The Labute approximate surface area is 315 Å². The normalized spacial score (nSPS) is 50.2. The summed E-state index contributed by atoms with van der Waals surface area (Å²) in [7, 11) is 1.77. The van der Waals surface area contributed by atoms with Crippen molar-refractivity contribution in [2.75, 3.05) is 13.7 Å². The number of rotatable bonds is 11. The molecule has 1 saturated heterocycles. The lowest BCUT2D eigenvalue weighted by Gasteiger charge is -2.79. The van der Waals surface area contributed by atoms with Crippen LogP contribution < -0.4 is 0 Å². The highest BCUT2D eigenvalue weighted by Crippen LogP contribution is 2.84. The van der Waals surface area contributed by atoms with Crippen LogP contribution in [0.1, 0.15) is 155 Å². The predicted molar refractivity (Wildman–Crippen MR) is 207 cm³/mol. The van der Waals surface area contributed by atoms with Gasteiger partial charge in [-0.25, -0.2) is 0 Å². The van der Waals surface area contributed by atoms with Crippen molar-refractivity contribution in [1.29, 1.82) is 0 Å². The lowest BCUT2D eigenvalue weighted by Crippen LogP contribution is -2.74. The van der Waals surface area contributed by atoms with E-state index in [2.05, 4.69) is 65.8 Å². The third kappa shape index (κ3) is 5.05. The van der Waals surface area contributed by atoms with Crippen molar-refractivity contribution >= 4 is 5.97 Å². The van der Waals surface area contributed by atoms with E-state index in [0.717, 1.165) is 51.6 Å². The Morgan fingerprint density at radius 2 is 1.62 bits per heavy atom. The summed E-state index contributed by atoms with van der Waals surface area (Å²) in [5.74, 6) is 1.34. The summed E-state index contributed by atoms with van der Waals surface area (Å²) in [4.78, 5) is 13.0. The second-order valence-electron chi connectivity index (χ2n) is 21.1. The molecule has 0 radical (unpaired) electrons. The molecule has 0 aromatic heterocycles. The molecule has 1 aromatic carbocycles. The molecule has 1 aromatic rings.